The predicted octanol–water partition coefficient (Wildman–Crippen LogP) is 3.48. The van der Waals surface area contributed by atoms with E-state index in [1.165, 1.54) is 12.1 Å². The van der Waals surface area contributed by atoms with E-state index in [4.69, 9.17) is 9.26 Å². The highest BCUT2D eigenvalue weighted by Crippen LogP contribution is 2.21. The normalized spacial score (nSPS) is 17.3. The van der Waals surface area contributed by atoms with Crippen LogP contribution < -0.4 is 4.74 Å². The van der Waals surface area contributed by atoms with Crippen LogP contribution in [-0.4, -0.2) is 40.0 Å². The number of nitrogens with zero attached hydrogens (tertiary/aromatic N) is 4. The van der Waals surface area contributed by atoms with Crippen molar-refractivity contribution in [2.75, 3.05) is 19.7 Å². The molecule has 1 fully saturated rings. The van der Waals surface area contributed by atoms with Gasteiger partial charge in [-0.3, -0.25) is 4.90 Å². The highest BCUT2D eigenvalue weighted by molar-refractivity contribution is 5.58. The van der Waals surface area contributed by atoms with Crippen LogP contribution in [0.25, 0.3) is 11.3 Å². The first-order valence-electron chi connectivity index (χ1n) is 9.03. The Morgan fingerprint density at radius 2 is 2.15 bits per heavy atom. The Morgan fingerprint density at radius 3 is 2.89 bits per heavy atom. The number of hydrogen-bond donors (Lipinski definition) is 0. The molecule has 1 aliphatic heterocycles. The van der Waals surface area contributed by atoms with Gasteiger partial charge in [0.1, 0.15) is 11.6 Å². The summed E-state index contributed by atoms with van der Waals surface area (Å²) in [6.45, 7) is 5.28. The molecule has 0 N–H and O–H groups in total. The summed E-state index contributed by atoms with van der Waals surface area (Å²) in [5.74, 6) is 1.48. The van der Waals surface area contributed by atoms with Crippen LogP contribution in [0.1, 0.15) is 17.9 Å². The van der Waals surface area contributed by atoms with E-state index in [1.54, 1.807) is 24.3 Å². The Hall–Kier alpha value is -2.80. The minimum Gasteiger partial charge on any atom is -0.476 e. The molecule has 0 amide bonds. The van der Waals surface area contributed by atoms with Crippen LogP contribution in [0.2, 0.25) is 0 Å². The van der Waals surface area contributed by atoms with E-state index in [2.05, 4.69) is 20.3 Å². The third-order valence-electron chi connectivity index (χ3n) is 4.66. The summed E-state index contributed by atoms with van der Waals surface area (Å²) in [6.07, 6.45) is 1.08. The molecule has 1 atom stereocenters. The van der Waals surface area contributed by atoms with Gasteiger partial charge in [-0.1, -0.05) is 17.3 Å². The fourth-order valence-electron chi connectivity index (χ4n) is 3.32. The SMILES string of the molecule is Cc1cc(CN2CCC(COc3ccc(-c4cccc(F)c4)nn3)C2)no1. The average molecular weight is 368 g/mol. The third kappa shape index (κ3) is 4.49. The van der Waals surface area contributed by atoms with Gasteiger partial charge in [-0.25, -0.2) is 4.39 Å². The van der Waals surface area contributed by atoms with E-state index in [0.29, 0.717) is 29.7 Å². The van der Waals surface area contributed by atoms with Crippen LogP contribution >= 0.6 is 0 Å². The lowest BCUT2D eigenvalue weighted by Crippen LogP contribution is -2.22. The Labute approximate surface area is 157 Å². The zero-order chi connectivity index (χ0) is 18.6. The molecular formula is C20H21FN4O2. The van der Waals surface area contributed by atoms with Crippen molar-refractivity contribution in [2.24, 2.45) is 5.92 Å². The van der Waals surface area contributed by atoms with E-state index in [0.717, 1.165) is 37.5 Å². The first-order chi connectivity index (χ1) is 13.2. The van der Waals surface area contributed by atoms with Gasteiger partial charge < -0.3 is 9.26 Å². The van der Waals surface area contributed by atoms with Crippen LogP contribution in [0.5, 0.6) is 5.88 Å². The third-order valence-corrected chi connectivity index (χ3v) is 4.66. The largest absolute Gasteiger partial charge is 0.476 e. The van der Waals surface area contributed by atoms with Crippen molar-refractivity contribution < 1.29 is 13.7 Å². The molecule has 7 heteroatoms. The Kier molecular flexibility index (Phi) is 5.11. The fraction of sp³-hybridized carbons (Fsp3) is 0.350. The van der Waals surface area contributed by atoms with Crippen LogP contribution in [0.3, 0.4) is 0 Å². The number of ether oxygens (including phenoxy) is 1. The van der Waals surface area contributed by atoms with Gasteiger partial charge in [-0.05, 0) is 38.1 Å². The first-order valence-corrected chi connectivity index (χ1v) is 9.03. The summed E-state index contributed by atoms with van der Waals surface area (Å²) >= 11 is 0. The standard InChI is InChI=1S/C20H21FN4O2/c1-14-9-18(24-27-14)12-25-8-7-15(11-25)13-26-20-6-5-19(22-23-20)16-3-2-4-17(21)10-16/h2-6,9-10,15H,7-8,11-13H2,1H3. The molecular weight excluding hydrogens is 347 g/mol. The van der Waals surface area contributed by atoms with Crippen LogP contribution in [0.4, 0.5) is 4.39 Å². The zero-order valence-corrected chi connectivity index (χ0v) is 15.1. The molecule has 0 aliphatic carbocycles. The molecule has 1 aromatic carbocycles. The first kappa shape index (κ1) is 17.6. The van der Waals surface area contributed by atoms with Crippen molar-refractivity contribution in [1.82, 2.24) is 20.3 Å². The molecule has 3 aromatic rings. The molecule has 27 heavy (non-hydrogen) atoms. The number of halogens is 1. The molecule has 0 saturated carbocycles. The maximum atomic E-state index is 13.3. The summed E-state index contributed by atoms with van der Waals surface area (Å²) in [6, 6.07) is 11.8. The zero-order valence-electron chi connectivity index (χ0n) is 15.1. The summed E-state index contributed by atoms with van der Waals surface area (Å²) in [7, 11) is 0. The molecule has 2 aromatic heterocycles. The van der Waals surface area contributed by atoms with Gasteiger partial charge in [0.05, 0.1) is 18.0 Å². The Balaban J connectivity index is 1.28. The number of benzene rings is 1. The lowest BCUT2D eigenvalue weighted by molar-refractivity contribution is 0.228. The molecule has 140 valence electrons. The van der Waals surface area contributed by atoms with E-state index in [-0.39, 0.29) is 5.82 Å². The number of aryl methyl sites for hydroxylation is 1. The van der Waals surface area contributed by atoms with Crippen molar-refractivity contribution in [2.45, 2.75) is 19.9 Å². The molecule has 4 rings (SSSR count). The van der Waals surface area contributed by atoms with Crippen LogP contribution in [0, 0.1) is 18.7 Å². The number of rotatable bonds is 6. The second kappa shape index (κ2) is 7.84. The molecule has 0 radical (unpaired) electrons. The number of likely N-dealkylation sites (tertiary alicyclic amines) is 1. The highest BCUT2D eigenvalue weighted by Gasteiger charge is 2.24. The summed E-state index contributed by atoms with van der Waals surface area (Å²) in [4.78, 5) is 2.35. The number of aromatic nitrogens is 3. The van der Waals surface area contributed by atoms with Gasteiger partial charge in [0.2, 0.25) is 5.88 Å². The van der Waals surface area contributed by atoms with Gasteiger partial charge in [-0.15, -0.1) is 10.2 Å². The lowest BCUT2D eigenvalue weighted by Gasteiger charge is -2.14. The van der Waals surface area contributed by atoms with Crippen molar-refractivity contribution in [3.63, 3.8) is 0 Å². The lowest BCUT2D eigenvalue weighted by atomic mass is 10.1. The smallest absolute Gasteiger partial charge is 0.233 e. The van der Waals surface area contributed by atoms with E-state index in [1.807, 2.05) is 13.0 Å². The Morgan fingerprint density at radius 1 is 1.22 bits per heavy atom. The predicted molar refractivity (Wildman–Crippen MR) is 97.5 cm³/mol. The number of hydrogen-bond acceptors (Lipinski definition) is 6. The molecule has 6 nitrogen and oxygen atoms in total. The maximum absolute atomic E-state index is 13.3. The highest BCUT2D eigenvalue weighted by atomic mass is 19.1. The van der Waals surface area contributed by atoms with Crippen LogP contribution in [0.15, 0.2) is 47.0 Å². The van der Waals surface area contributed by atoms with Gasteiger partial charge >= 0.3 is 0 Å². The second-order valence-corrected chi connectivity index (χ2v) is 6.90. The second-order valence-electron chi connectivity index (χ2n) is 6.90. The molecule has 1 saturated heterocycles. The maximum Gasteiger partial charge on any atom is 0.233 e. The van der Waals surface area contributed by atoms with E-state index >= 15 is 0 Å². The minimum absolute atomic E-state index is 0.291. The average Bonchev–Trinajstić information content (AvgIpc) is 3.29. The molecule has 1 aliphatic rings. The van der Waals surface area contributed by atoms with Crippen molar-refractivity contribution in [1.29, 1.82) is 0 Å². The monoisotopic (exact) mass is 368 g/mol. The molecule has 0 spiro atoms. The van der Waals surface area contributed by atoms with Crippen molar-refractivity contribution in [3.05, 3.63) is 59.7 Å². The van der Waals surface area contributed by atoms with Crippen molar-refractivity contribution >= 4 is 0 Å². The molecule has 0 bridgehead atoms. The molecule has 1 unspecified atom stereocenters. The van der Waals surface area contributed by atoms with E-state index < -0.39 is 0 Å². The van der Waals surface area contributed by atoms with Gasteiger partial charge in [0.15, 0.2) is 0 Å². The quantitative estimate of drug-likeness (QED) is 0.664. The van der Waals surface area contributed by atoms with Gasteiger partial charge in [0, 0.05) is 36.7 Å². The van der Waals surface area contributed by atoms with Gasteiger partial charge in [-0.2, -0.15) is 0 Å². The summed E-state index contributed by atoms with van der Waals surface area (Å²) in [5.41, 5.74) is 2.29. The fourth-order valence-corrected chi connectivity index (χ4v) is 3.32. The topological polar surface area (TPSA) is 64.3 Å². The Bertz CT molecular complexity index is 897. The summed E-state index contributed by atoms with van der Waals surface area (Å²) in [5, 5.41) is 12.3. The minimum atomic E-state index is -0.291. The van der Waals surface area contributed by atoms with Gasteiger partial charge in [0.25, 0.3) is 0 Å². The van der Waals surface area contributed by atoms with E-state index in [9.17, 15) is 4.39 Å². The summed E-state index contributed by atoms with van der Waals surface area (Å²) < 4.78 is 24.2. The van der Waals surface area contributed by atoms with Crippen molar-refractivity contribution in [3.8, 4) is 17.1 Å². The molecule has 3 heterocycles. The van der Waals surface area contributed by atoms with Crippen LogP contribution in [-0.2, 0) is 6.54 Å².